The van der Waals surface area contributed by atoms with Crippen LogP contribution in [0.2, 0.25) is 10.0 Å². The Morgan fingerprint density at radius 2 is 1.68 bits per heavy atom. The molecule has 0 aliphatic heterocycles. The average molecular weight is 558 g/mol. The van der Waals surface area contributed by atoms with E-state index in [1.807, 2.05) is 43.3 Å². The zero-order valence-electron chi connectivity index (χ0n) is 18.5. The Bertz CT molecular complexity index is 1300. The minimum atomic E-state index is 0.417. The molecule has 7 heteroatoms. The molecule has 1 N–H and O–H groups in total. The quantitative estimate of drug-likeness (QED) is 0.167. The summed E-state index contributed by atoms with van der Waals surface area (Å²) in [5.74, 6) is 1.30. The first-order valence-electron chi connectivity index (χ1n) is 10.8. The van der Waals surface area contributed by atoms with Gasteiger partial charge in [-0.25, -0.2) is 0 Å². The lowest BCUT2D eigenvalue weighted by Crippen LogP contribution is -2.07. The van der Waals surface area contributed by atoms with E-state index < -0.39 is 0 Å². The van der Waals surface area contributed by atoms with Crippen LogP contribution < -0.4 is 14.9 Å². The Morgan fingerprint density at radius 3 is 2.47 bits per heavy atom. The topological polar surface area (TPSA) is 42.8 Å². The van der Waals surface area contributed by atoms with E-state index in [-0.39, 0.29) is 0 Å². The SMILES string of the molecule is CCOc1cc(/C=N/NCc2c(Cl)cccc2Cl)cc(Br)c1OCc1cccc2ccccc12. The van der Waals surface area contributed by atoms with Crippen LogP contribution in [-0.4, -0.2) is 12.8 Å². The van der Waals surface area contributed by atoms with Crippen LogP contribution in [-0.2, 0) is 13.2 Å². The molecule has 0 radical (unpaired) electrons. The lowest BCUT2D eigenvalue weighted by atomic mass is 10.1. The molecule has 0 amide bonds. The first-order valence-corrected chi connectivity index (χ1v) is 12.4. The van der Waals surface area contributed by atoms with E-state index >= 15 is 0 Å². The van der Waals surface area contributed by atoms with E-state index in [2.05, 4.69) is 50.7 Å². The maximum Gasteiger partial charge on any atom is 0.175 e. The number of nitrogens with one attached hydrogen (secondary N) is 1. The van der Waals surface area contributed by atoms with Gasteiger partial charge in [0.15, 0.2) is 11.5 Å². The van der Waals surface area contributed by atoms with Gasteiger partial charge in [0.05, 0.1) is 23.8 Å². The van der Waals surface area contributed by atoms with Crippen LogP contribution >= 0.6 is 39.1 Å². The fourth-order valence-electron chi connectivity index (χ4n) is 3.58. The van der Waals surface area contributed by atoms with Gasteiger partial charge in [-0.05, 0) is 69.0 Å². The zero-order chi connectivity index (χ0) is 23.9. The van der Waals surface area contributed by atoms with E-state index in [1.54, 1.807) is 18.3 Å². The number of hydrogen-bond donors (Lipinski definition) is 1. The van der Waals surface area contributed by atoms with Gasteiger partial charge in [-0.3, -0.25) is 0 Å². The lowest BCUT2D eigenvalue weighted by molar-refractivity contribution is 0.268. The van der Waals surface area contributed by atoms with Gasteiger partial charge in [-0.2, -0.15) is 5.10 Å². The molecule has 4 rings (SSSR count). The number of fused-ring (bicyclic) bond motifs is 1. The van der Waals surface area contributed by atoms with Gasteiger partial charge < -0.3 is 14.9 Å². The van der Waals surface area contributed by atoms with E-state index in [0.29, 0.717) is 41.3 Å². The summed E-state index contributed by atoms with van der Waals surface area (Å²) in [5, 5.41) is 7.87. The number of halogens is 3. The van der Waals surface area contributed by atoms with E-state index in [0.717, 1.165) is 21.2 Å². The zero-order valence-corrected chi connectivity index (χ0v) is 21.6. The molecule has 0 saturated carbocycles. The molecule has 0 bridgehead atoms. The predicted octanol–water partition coefficient (Wildman–Crippen LogP) is 8.01. The van der Waals surface area contributed by atoms with Crippen molar-refractivity contribution in [3.05, 3.63) is 104 Å². The predicted molar refractivity (Wildman–Crippen MR) is 144 cm³/mol. The lowest BCUT2D eigenvalue weighted by Gasteiger charge is -2.15. The second kappa shape index (κ2) is 11.6. The highest BCUT2D eigenvalue weighted by Crippen LogP contribution is 2.37. The molecule has 0 heterocycles. The van der Waals surface area contributed by atoms with Crippen molar-refractivity contribution in [3.63, 3.8) is 0 Å². The average Bonchev–Trinajstić information content (AvgIpc) is 2.83. The van der Waals surface area contributed by atoms with Crippen LogP contribution in [0.3, 0.4) is 0 Å². The van der Waals surface area contributed by atoms with Gasteiger partial charge in [0.2, 0.25) is 0 Å². The molecule has 0 atom stereocenters. The number of ether oxygens (including phenoxy) is 2. The monoisotopic (exact) mass is 556 g/mol. The summed E-state index contributed by atoms with van der Waals surface area (Å²) in [6.45, 7) is 3.30. The van der Waals surface area contributed by atoms with Crippen molar-refractivity contribution in [2.45, 2.75) is 20.1 Å². The van der Waals surface area contributed by atoms with Gasteiger partial charge in [0.25, 0.3) is 0 Å². The van der Waals surface area contributed by atoms with Gasteiger partial charge in [-0.1, -0.05) is 71.7 Å². The van der Waals surface area contributed by atoms with Crippen LogP contribution in [0.1, 0.15) is 23.6 Å². The minimum absolute atomic E-state index is 0.417. The second-order valence-electron chi connectivity index (χ2n) is 7.48. The highest BCUT2D eigenvalue weighted by Gasteiger charge is 2.13. The fourth-order valence-corrected chi connectivity index (χ4v) is 4.69. The molecule has 34 heavy (non-hydrogen) atoms. The van der Waals surface area contributed by atoms with Crippen LogP contribution in [0.4, 0.5) is 0 Å². The van der Waals surface area contributed by atoms with Crippen molar-refractivity contribution < 1.29 is 9.47 Å². The van der Waals surface area contributed by atoms with Crippen LogP contribution in [0.25, 0.3) is 10.8 Å². The number of rotatable bonds is 9. The smallest absolute Gasteiger partial charge is 0.175 e. The highest BCUT2D eigenvalue weighted by atomic mass is 79.9. The molecule has 174 valence electrons. The first-order chi connectivity index (χ1) is 16.6. The molecule has 4 aromatic carbocycles. The number of hydrazone groups is 1. The second-order valence-corrected chi connectivity index (χ2v) is 9.15. The van der Waals surface area contributed by atoms with Crippen molar-refractivity contribution in [1.82, 2.24) is 5.43 Å². The Morgan fingerprint density at radius 1 is 0.941 bits per heavy atom. The molecule has 0 saturated heterocycles. The Kier molecular flexibility index (Phi) is 8.33. The molecule has 0 aromatic heterocycles. The maximum absolute atomic E-state index is 6.22. The Balaban J connectivity index is 1.49. The molecule has 0 unspecified atom stereocenters. The summed E-state index contributed by atoms with van der Waals surface area (Å²) in [6, 6.07) is 23.8. The fraction of sp³-hybridized carbons (Fsp3) is 0.148. The Labute approximate surface area is 217 Å². The summed E-state index contributed by atoms with van der Waals surface area (Å²) in [7, 11) is 0. The van der Waals surface area contributed by atoms with Crippen molar-refractivity contribution in [2.24, 2.45) is 5.10 Å². The molecular weight excluding hydrogens is 535 g/mol. The summed E-state index contributed by atoms with van der Waals surface area (Å²) >= 11 is 16.1. The maximum atomic E-state index is 6.22. The van der Waals surface area contributed by atoms with E-state index in [9.17, 15) is 0 Å². The standard InChI is InChI=1S/C27H23BrCl2N2O2/c1-2-33-26-14-18(15-31-32-16-22-24(29)11-6-12-25(22)30)13-23(28)27(26)34-17-20-9-5-8-19-7-3-4-10-21(19)20/h3-15,32H,2,16-17H2,1H3/b31-15+. The van der Waals surface area contributed by atoms with Crippen molar-refractivity contribution >= 4 is 56.1 Å². The molecule has 0 spiro atoms. The summed E-state index contributed by atoms with van der Waals surface area (Å²) in [5.41, 5.74) is 5.76. The molecule has 0 aliphatic carbocycles. The summed E-state index contributed by atoms with van der Waals surface area (Å²) < 4.78 is 12.9. The van der Waals surface area contributed by atoms with Crippen LogP contribution in [0, 0.1) is 0 Å². The molecule has 0 fully saturated rings. The normalized spacial score (nSPS) is 11.2. The Hall–Kier alpha value is -2.73. The van der Waals surface area contributed by atoms with Crippen molar-refractivity contribution in [2.75, 3.05) is 6.61 Å². The number of nitrogens with zero attached hydrogens (tertiary/aromatic N) is 1. The third kappa shape index (κ3) is 5.84. The van der Waals surface area contributed by atoms with E-state index in [1.165, 1.54) is 10.8 Å². The first kappa shape index (κ1) is 24.4. The van der Waals surface area contributed by atoms with Crippen LogP contribution in [0.5, 0.6) is 11.5 Å². The van der Waals surface area contributed by atoms with Gasteiger partial charge in [0.1, 0.15) is 6.61 Å². The van der Waals surface area contributed by atoms with Gasteiger partial charge >= 0.3 is 0 Å². The molecule has 0 aliphatic rings. The summed E-state index contributed by atoms with van der Waals surface area (Å²) in [6.07, 6.45) is 1.71. The third-order valence-corrected chi connectivity index (χ3v) is 6.50. The number of benzene rings is 4. The van der Waals surface area contributed by atoms with E-state index in [4.69, 9.17) is 32.7 Å². The molecule has 4 nitrogen and oxygen atoms in total. The molecular formula is C27H23BrCl2N2O2. The third-order valence-electron chi connectivity index (χ3n) is 5.21. The van der Waals surface area contributed by atoms with Crippen LogP contribution in [0.15, 0.2) is 82.4 Å². The largest absolute Gasteiger partial charge is 0.490 e. The highest BCUT2D eigenvalue weighted by molar-refractivity contribution is 9.10. The molecule has 4 aromatic rings. The van der Waals surface area contributed by atoms with Gasteiger partial charge in [-0.15, -0.1) is 0 Å². The van der Waals surface area contributed by atoms with Gasteiger partial charge in [0, 0.05) is 15.6 Å². The van der Waals surface area contributed by atoms with Crippen molar-refractivity contribution in [1.29, 1.82) is 0 Å². The summed E-state index contributed by atoms with van der Waals surface area (Å²) in [4.78, 5) is 0. The number of hydrogen-bond acceptors (Lipinski definition) is 4. The minimum Gasteiger partial charge on any atom is -0.490 e. The van der Waals surface area contributed by atoms with Crippen molar-refractivity contribution in [3.8, 4) is 11.5 Å².